The smallest absolute Gasteiger partial charge is 0.413 e. The zero-order valence-electron chi connectivity index (χ0n) is 30.2. The summed E-state index contributed by atoms with van der Waals surface area (Å²) in [4.78, 5) is 56.3. The fraction of sp³-hybridized carbons (Fsp3) is 0.308. The summed E-state index contributed by atoms with van der Waals surface area (Å²) in [6.45, 7) is 0.0127. The molecule has 15 nitrogen and oxygen atoms in total. The molecule has 2 unspecified atom stereocenters. The first-order valence-electron chi connectivity index (χ1n) is 17.3. The van der Waals surface area contributed by atoms with Gasteiger partial charge in [0.2, 0.25) is 5.78 Å². The van der Waals surface area contributed by atoms with Crippen LogP contribution in [-0.2, 0) is 20.7 Å². The second-order valence-electron chi connectivity index (χ2n) is 14.5. The number of amides is 2. The van der Waals surface area contributed by atoms with Gasteiger partial charge >= 0.3 is 6.09 Å². The number of primary amides is 1. The van der Waals surface area contributed by atoms with Crippen molar-refractivity contribution >= 4 is 52.3 Å². The SMILES string of the molecule is CN(C)c1cc(NC(=S)NC(=O)OCC2c3ccccc3-c3ccccc32)c(O)c2c1CC1C(=C(O)[C@]3(O)C(=O)C(C(N)=O)=C(O)[C@@H](N(C)C)C3[C@H]1O)C2=O. The van der Waals surface area contributed by atoms with Crippen molar-refractivity contribution in [3.63, 3.8) is 0 Å². The predicted molar refractivity (Wildman–Crippen MR) is 204 cm³/mol. The second kappa shape index (κ2) is 13.5. The van der Waals surface area contributed by atoms with Crippen molar-refractivity contribution in [3.8, 4) is 16.9 Å². The normalized spacial score (nSPS) is 24.1. The Balaban J connectivity index is 1.18. The minimum Gasteiger partial charge on any atom is -0.510 e. The van der Waals surface area contributed by atoms with E-state index in [1.807, 2.05) is 48.5 Å². The molecule has 0 radical (unpaired) electrons. The van der Waals surface area contributed by atoms with E-state index in [0.29, 0.717) is 5.69 Å². The molecule has 4 aliphatic rings. The zero-order chi connectivity index (χ0) is 39.8. The van der Waals surface area contributed by atoms with Gasteiger partial charge in [-0.25, -0.2) is 4.79 Å². The number of benzene rings is 3. The molecule has 4 aliphatic carbocycles. The van der Waals surface area contributed by atoms with E-state index in [9.17, 15) is 44.7 Å². The van der Waals surface area contributed by atoms with Crippen molar-refractivity contribution in [1.29, 1.82) is 0 Å². The number of nitrogens with zero attached hydrogens (tertiary/aromatic N) is 2. The molecule has 286 valence electrons. The third kappa shape index (κ3) is 5.63. The maximum absolute atomic E-state index is 14.4. The third-order valence-electron chi connectivity index (χ3n) is 11.1. The average Bonchev–Trinajstić information content (AvgIpc) is 3.44. The molecular weight excluding hydrogens is 731 g/mol. The van der Waals surface area contributed by atoms with Gasteiger partial charge in [-0.15, -0.1) is 0 Å². The highest BCUT2D eigenvalue weighted by molar-refractivity contribution is 7.80. The Hall–Kier alpha value is -5.81. The van der Waals surface area contributed by atoms with Gasteiger partial charge in [0.15, 0.2) is 22.2 Å². The molecule has 0 aliphatic heterocycles. The first kappa shape index (κ1) is 37.5. The zero-order valence-corrected chi connectivity index (χ0v) is 31.0. The largest absolute Gasteiger partial charge is 0.510 e. The van der Waals surface area contributed by atoms with E-state index in [-0.39, 0.29) is 40.9 Å². The number of alkyl carbamates (subject to hydrolysis) is 1. The molecule has 0 fully saturated rings. The number of phenolic OH excluding ortho intramolecular Hbond substituents is 1. The summed E-state index contributed by atoms with van der Waals surface area (Å²) in [7, 11) is 6.26. The highest BCUT2D eigenvalue weighted by Crippen LogP contribution is 2.54. The minimum atomic E-state index is -3.05. The van der Waals surface area contributed by atoms with Crippen molar-refractivity contribution in [1.82, 2.24) is 10.2 Å². The number of carbonyl (C=O) groups excluding carboxylic acids is 4. The van der Waals surface area contributed by atoms with Gasteiger partial charge < -0.3 is 46.2 Å². The van der Waals surface area contributed by atoms with E-state index in [2.05, 4.69) is 10.6 Å². The number of phenols is 1. The molecule has 7 rings (SSSR count). The Morgan fingerprint density at radius 3 is 2.16 bits per heavy atom. The van der Waals surface area contributed by atoms with Crippen molar-refractivity contribution in [2.45, 2.75) is 30.1 Å². The first-order valence-corrected chi connectivity index (χ1v) is 17.7. The number of rotatable bonds is 6. The second-order valence-corrected chi connectivity index (χ2v) is 14.9. The lowest BCUT2D eigenvalue weighted by Crippen LogP contribution is -2.68. The van der Waals surface area contributed by atoms with Crippen LogP contribution in [0.25, 0.3) is 11.1 Å². The van der Waals surface area contributed by atoms with Crippen molar-refractivity contribution in [3.05, 3.63) is 99.5 Å². The number of ether oxygens (including phenoxy) is 1. The van der Waals surface area contributed by atoms with Crippen LogP contribution in [0.3, 0.4) is 0 Å². The number of hydrogen-bond donors (Lipinski definition) is 8. The molecule has 0 spiro atoms. The molecule has 16 heteroatoms. The monoisotopic (exact) mass is 769 g/mol. The number of nitrogens with two attached hydrogens (primary N) is 1. The van der Waals surface area contributed by atoms with Crippen LogP contribution in [0.1, 0.15) is 33.0 Å². The van der Waals surface area contributed by atoms with Crippen molar-refractivity contribution < 1.29 is 49.4 Å². The highest BCUT2D eigenvalue weighted by atomic mass is 32.1. The number of anilines is 2. The molecule has 5 atom stereocenters. The number of thiocarbonyl (C=S) groups is 1. The van der Waals surface area contributed by atoms with Crippen molar-refractivity contribution in [2.75, 3.05) is 45.0 Å². The van der Waals surface area contributed by atoms with E-state index < -0.39 is 81.6 Å². The topological polar surface area (TPSA) is 235 Å². The number of aliphatic hydroxyl groups is 4. The summed E-state index contributed by atoms with van der Waals surface area (Å²) in [6, 6.07) is 15.8. The average molecular weight is 770 g/mol. The fourth-order valence-electron chi connectivity index (χ4n) is 8.69. The Morgan fingerprint density at radius 2 is 1.60 bits per heavy atom. The summed E-state index contributed by atoms with van der Waals surface area (Å²) in [6.07, 6.45) is -2.77. The maximum Gasteiger partial charge on any atom is 0.413 e. The van der Waals surface area contributed by atoms with Gasteiger partial charge in [-0.2, -0.15) is 0 Å². The number of carbonyl (C=O) groups is 4. The molecule has 0 heterocycles. The standard InChI is InChI=1S/C39H39N5O10S/c1-43(2)24-14-23(41-37(55)42-38(52)54-15-22-18-11-7-5-9-16(18)17-10-6-8-12-19(17)22)31(46)25-20(24)13-21-26(32(25)47)34(49)39(53)28(30(21)45)29(44(3)4)33(48)27(35(39)50)36(40)51/h5-12,14,21-22,28-30,45-46,48-49,53H,13,15H2,1-4H3,(H2,40,51)(H2,41,42,52,55)/t21?,28?,29-,30-,39-/m0/s1. The van der Waals surface area contributed by atoms with E-state index >= 15 is 0 Å². The van der Waals surface area contributed by atoms with Crippen LogP contribution in [0, 0.1) is 11.8 Å². The van der Waals surface area contributed by atoms with Crippen LogP contribution in [0.15, 0.2) is 77.3 Å². The highest BCUT2D eigenvalue weighted by Gasteiger charge is 2.66. The summed E-state index contributed by atoms with van der Waals surface area (Å²) in [5.41, 5.74) is 5.16. The summed E-state index contributed by atoms with van der Waals surface area (Å²) in [5, 5.41) is 62.9. The van der Waals surface area contributed by atoms with E-state index in [4.69, 9.17) is 22.7 Å². The lowest BCUT2D eigenvalue weighted by Gasteiger charge is -2.52. The van der Waals surface area contributed by atoms with E-state index in [1.54, 1.807) is 19.0 Å². The molecule has 2 amide bonds. The number of fused-ring (bicyclic) bond motifs is 6. The number of ketones is 2. The molecule has 0 bridgehead atoms. The van der Waals surface area contributed by atoms with Gasteiger partial charge in [-0.05, 0) is 66.6 Å². The lowest BCUT2D eigenvalue weighted by molar-refractivity contribution is -0.161. The molecule has 0 saturated heterocycles. The van der Waals surface area contributed by atoms with Gasteiger partial charge in [0, 0.05) is 37.2 Å². The Kier molecular flexibility index (Phi) is 9.20. The molecule has 9 N–H and O–H groups in total. The predicted octanol–water partition coefficient (Wildman–Crippen LogP) is 2.39. The summed E-state index contributed by atoms with van der Waals surface area (Å²) in [5.74, 6) is -9.53. The maximum atomic E-state index is 14.4. The molecular formula is C39H39N5O10S. The molecule has 3 aromatic carbocycles. The van der Waals surface area contributed by atoms with Crippen LogP contribution in [0.5, 0.6) is 5.75 Å². The van der Waals surface area contributed by atoms with Gasteiger partial charge in [0.25, 0.3) is 5.91 Å². The number of aliphatic hydroxyl groups excluding tert-OH is 3. The Bertz CT molecular complexity index is 2240. The van der Waals surface area contributed by atoms with Crippen LogP contribution < -0.4 is 21.3 Å². The van der Waals surface area contributed by atoms with Gasteiger partial charge in [0.05, 0.1) is 29.3 Å². The number of aromatic hydroxyl groups is 1. The van der Waals surface area contributed by atoms with E-state index in [1.165, 1.54) is 25.1 Å². The number of hydrogen-bond acceptors (Lipinski definition) is 13. The number of nitrogens with one attached hydrogen (secondary N) is 2. The molecule has 0 aromatic heterocycles. The molecule has 0 saturated carbocycles. The molecule has 55 heavy (non-hydrogen) atoms. The number of Topliss-reactive ketones (excluding diaryl/α,β-unsaturated/α-hetero) is 2. The van der Waals surface area contributed by atoms with Crippen LogP contribution >= 0.6 is 12.2 Å². The lowest BCUT2D eigenvalue weighted by atomic mass is 9.57. The fourth-order valence-corrected chi connectivity index (χ4v) is 8.88. The molecule has 3 aromatic rings. The third-order valence-corrected chi connectivity index (χ3v) is 11.3. The van der Waals surface area contributed by atoms with Gasteiger partial charge in [0.1, 0.15) is 23.7 Å². The van der Waals surface area contributed by atoms with Crippen molar-refractivity contribution in [2.24, 2.45) is 17.6 Å². The summed E-state index contributed by atoms with van der Waals surface area (Å²) < 4.78 is 5.58. The first-order chi connectivity index (χ1) is 26.0. The van der Waals surface area contributed by atoms with E-state index in [0.717, 1.165) is 22.3 Å². The quantitative estimate of drug-likeness (QED) is 0.102. The van der Waals surface area contributed by atoms with Gasteiger partial charge in [-0.3, -0.25) is 24.6 Å². The Morgan fingerprint density at radius 1 is 1.00 bits per heavy atom. The summed E-state index contributed by atoms with van der Waals surface area (Å²) >= 11 is 5.38. The van der Waals surface area contributed by atoms with Crippen LogP contribution in [0.2, 0.25) is 0 Å². The Labute approximate surface area is 320 Å². The minimum absolute atomic E-state index is 0.0127. The number of likely N-dealkylation sites (N-methyl/N-ethyl adjacent to an activating group) is 1. The van der Waals surface area contributed by atoms with Crippen LogP contribution in [-0.4, -0.2) is 112 Å². The van der Waals surface area contributed by atoms with Crippen LogP contribution in [0.4, 0.5) is 16.2 Å². The van der Waals surface area contributed by atoms with Gasteiger partial charge in [-0.1, -0.05) is 48.5 Å².